The van der Waals surface area contributed by atoms with Gasteiger partial charge in [-0.25, -0.2) is 8.42 Å². The lowest BCUT2D eigenvalue weighted by atomic mass is 9.92. The van der Waals surface area contributed by atoms with Gasteiger partial charge in [-0.05, 0) is 87.7 Å². The molecule has 1 aromatic carbocycles. The summed E-state index contributed by atoms with van der Waals surface area (Å²) in [5.74, 6) is 0.177. The lowest BCUT2D eigenvalue weighted by Gasteiger charge is -2.38. The van der Waals surface area contributed by atoms with Crippen molar-refractivity contribution in [2.45, 2.75) is 56.3 Å². The minimum Gasteiger partial charge on any atom is -0.340 e. The Morgan fingerprint density at radius 1 is 0.765 bits per heavy atom. The topological polar surface area (TPSA) is 64.2 Å². The lowest BCUT2D eigenvalue weighted by molar-refractivity contribution is -0.138. The molecular weight excluding hydrogens is 448 g/mol. The monoisotopic (exact) mass is 488 g/mol. The van der Waals surface area contributed by atoms with Crippen LogP contribution in [0, 0.1) is 5.92 Å². The number of sulfonamides is 1. The average Bonchev–Trinajstić information content (AvgIpc) is 3.41. The van der Waals surface area contributed by atoms with Crippen LogP contribution in [-0.4, -0.2) is 98.8 Å². The quantitative estimate of drug-likeness (QED) is 0.614. The zero-order valence-corrected chi connectivity index (χ0v) is 21.3. The van der Waals surface area contributed by atoms with Gasteiger partial charge < -0.3 is 9.80 Å². The van der Waals surface area contributed by atoms with Crippen LogP contribution in [-0.2, 0) is 27.7 Å². The van der Waals surface area contributed by atoms with Crippen LogP contribution in [0.2, 0.25) is 0 Å². The molecule has 0 aromatic heterocycles. The number of carbonyl (C=O) groups is 1. The van der Waals surface area contributed by atoms with E-state index in [-0.39, 0.29) is 11.8 Å². The normalized spacial score (nSPS) is 23.8. The maximum atomic E-state index is 13.3. The van der Waals surface area contributed by atoms with Gasteiger partial charge in [0.2, 0.25) is 15.9 Å². The maximum Gasteiger partial charge on any atom is 0.243 e. The Morgan fingerprint density at radius 2 is 1.38 bits per heavy atom. The fourth-order valence-corrected chi connectivity index (χ4v) is 7.62. The maximum absolute atomic E-state index is 13.3. The van der Waals surface area contributed by atoms with Crippen molar-refractivity contribution < 1.29 is 13.2 Å². The summed E-state index contributed by atoms with van der Waals surface area (Å²) in [6.07, 6.45) is 8.25. The van der Waals surface area contributed by atoms with Gasteiger partial charge in [-0.1, -0.05) is 6.07 Å². The second-order valence-electron chi connectivity index (χ2n) is 10.5. The van der Waals surface area contributed by atoms with Gasteiger partial charge in [0, 0.05) is 58.3 Å². The largest absolute Gasteiger partial charge is 0.340 e. The van der Waals surface area contributed by atoms with Gasteiger partial charge >= 0.3 is 0 Å². The summed E-state index contributed by atoms with van der Waals surface area (Å²) in [5.41, 5.74) is 2.49. The van der Waals surface area contributed by atoms with Crippen LogP contribution in [0.25, 0.3) is 0 Å². The number of hydrogen-bond acceptors (Lipinski definition) is 5. The van der Waals surface area contributed by atoms with Crippen LogP contribution in [0.1, 0.15) is 49.7 Å². The van der Waals surface area contributed by atoms with Crippen molar-refractivity contribution in [3.8, 4) is 0 Å². The Kier molecular flexibility index (Phi) is 7.58. The predicted molar refractivity (Wildman–Crippen MR) is 133 cm³/mol. The summed E-state index contributed by atoms with van der Waals surface area (Å²) in [4.78, 5) is 20.6. The van der Waals surface area contributed by atoms with Gasteiger partial charge in [0.15, 0.2) is 0 Å². The minimum absolute atomic E-state index is 0.0499. The molecule has 1 aliphatic carbocycles. The van der Waals surface area contributed by atoms with Gasteiger partial charge in [-0.3, -0.25) is 9.69 Å². The molecule has 1 amide bonds. The standard InChI is InChI=1S/C26H40N4O3S/c31-26(29-19-17-28(18-20-29)16-15-27-11-3-4-12-27)23-9-13-30(14-10-23)34(32,33)25-8-7-22-5-1-2-6-24(22)21-25/h7-8,21,23H,1-6,9-20H2. The number of fused-ring (bicyclic) bond motifs is 1. The summed E-state index contributed by atoms with van der Waals surface area (Å²) in [5, 5.41) is 0. The molecule has 0 unspecified atom stereocenters. The molecule has 3 aliphatic heterocycles. The van der Waals surface area contributed by atoms with E-state index in [4.69, 9.17) is 0 Å². The molecule has 7 nitrogen and oxygen atoms in total. The van der Waals surface area contributed by atoms with Gasteiger partial charge in [0.05, 0.1) is 4.90 Å². The Morgan fingerprint density at radius 3 is 2.06 bits per heavy atom. The number of aryl methyl sites for hydroxylation is 2. The van der Waals surface area contributed by atoms with Crippen molar-refractivity contribution in [1.82, 2.24) is 19.0 Å². The Hall–Kier alpha value is -1.48. The number of piperazine rings is 1. The first kappa shape index (κ1) is 24.2. The number of benzene rings is 1. The van der Waals surface area contributed by atoms with E-state index >= 15 is 0 Å². The van der Waals surface area contributed by atoms with Crippen LogP contribution in [0.15, 0.2) is 23.1 Å². The first-order chi connectivity index (χ1) is 16.5. The van der Waals surface area contributed by atoms with Crippen LogP contribution >= 0.6 is 0 Å². The van der Waals surface area contributed by atoms with Gasteiger partial charge in [0.1, 0.15) is 0 Å². The van der Waals surface area contributed by atoms with Crippen molar-refractivity contribution in [2.24, 2.45) is 5.92 Å². The van der Waals surface area contributed by atoms with E-state index in [0.29, 0.717) is 30.8 Å². The SMILES string of the molecule is O=C(C1CCN(S(=O)(=O)c2ccc3c(c2)CCCC3)CC1)N1CCN(CCN2CCCC2)CC1. The van der Waals surface area contributed by atoms with E-state index in [2.05, 4.69) is 9.80 Å². The third-order valence-corrected chi connectivity index (χ3v) is 10.3. The van der Waals surface area contributed by atoms with Crippen LogP contribution < -0.4 is 0 Å². The molecule has 4 aliphatic rings. The molecule has 34 heavy (non-hydrogen) atoms. The molecule has 3 heterocycles. The molecular formula is C26H40N4O3S. The Balaban J connectivity index is 1.10. The van der Waals surface area contributed by atoms with Gasteiger partial charge in [0.25, 0.3) is 0 Å². The smallest absolute Gasteiger partial charge is 0.243 e. The highest BCUT2D eigenvalue weighted by Crippen LogP contribution is 2.29. The summed E-state index contributed by atoms with van der Waals surface area (Å²) in [7, 11) is -3.49. The Labute approximate surface area is 205 Å². The fourth-order valence-electron chi connectivity index (χ4n) is 6.10. The van der Waals surface area contributed by atoms with Crippen molar-refractivity contribution in [3.05, 3.63) is 29.3 Å². The van der Waals surface area contributed by atoms with E-state index in [1.54, 1.807) is 10.4 Å². The number of nitrogens with zero attached hydrogens (tertiary/aromatic N) is 4. The molecule has 0 atom stereocenters. The predicted octanol–water partition coefficient (Wildman–Crippen LogP) is 2.21. The molecule has 188 valence electrons. The van der Waals surface area contributed by atoms with Crippen LogP contribution in [0.4, 0.5) is 0 Å². The van der Waals surface area contributed by atoms with Gasteiger partial charge in [-0.2, -0.15) is 4.31 Å². The molecule has 0 spiro atoms. The molecule has 0 radical (unpaired) electrons. The highest BCUT2D eigenvalue weighted by molar-refractivity contribution is 7.89. The molecule has 3 saturated heterocycles. The second-order valence-corrected chi connectivity index (χ2v) is 12.5. The summed E-state index contributed by atoms with van der Waals surface area (Å²) in [6, 6.07) is 5.67. The van der Waals surface area contributed by atoms with E-state index in [1.165, 1.54) is 43.5 Å². The summed E-state index contributed by atoms with van der Waals surface area (Å²) in [6.45, 7) is 9.08. The van der Waals surface area contributed by atoms with Crippen LogP contribution in [0.3, 0.4) is 0 Å². The third-order valence-electron chi connectivity index (χ3n) is 8.38. The molecule has 0 bridgehead atoms. The first-order valence-electron chi connectivity index (χ1n) is 13.4. The average molecular weight is 489 g/mol. The number of piperidine rings is 1. The highest BCUT2D eigenvalue weighted by atomic mass is 32.2. The molecule has 3 fully saturated rings. The van der Waals surface area contributed by atoms with Crippen molar-refractivity contribution >= 4 is 15.9 Å². The van der Waals surface area contributed by atoms with Crippen molar-refractivity contribution in [2.75, 3.05) is 65.4 Å². The molecule has 8 heteroatoms. The summed E-state index contributed by atoms with van der Waals surface area (Å²) >= 11 is 0. The molecule has 5 rings (SSSR count). The van der Waals surface area contributed by atoms with Gasteiger partial charge in [-0.15, -0.1) is 0 Å². The van der Waals surface area contributed by atoms with E-state index < -0.39 is 10.0 Å². The second kappa shape index (κ2) is 10.6. The number of likely N-dealkylation sites (tertiary alicyclic amines) is 1. The number of rotatable bonds is 6. The van der Waals surface area contributed by atoms with E-state index in [9.17, 15) is 13.2 Å². The molecule has 0 saturated carbocycles. The first-order valence-corrected chi connectivity index (χ1v) is 14.8. The van der Waals surface area contributed by atoms with Crippen LogP contribution in [0.5, 0.6) is 0 Å². The Bertz CT molecular complexity index is 960. The zero-order chi connectivity index (χ0) is 23.5. The number of carbonyl (C=O) groups excluding carboxylic acids is 1. The van der Waals surface area contributed by atoms with Crippen molar-refractivity contribution in [1.29, 1.82) is 0 Å². The number of hydrogen-bond donors (Lipinski definition) is 0. The highest BCUT2D eigenvalue weighted by Gasteiger charge is 2.35. The lowest BCUT2D eigenvalue weighted by Crippen LogP contribution is -2.52. The molecule has 0 N–H and O–H groups in total. The van der Waals surface area contributed by atoms with E-state index in [1.807, 2.05) is 17.0 Å². The minimum atomic E-state index is -3.49. The fraction of sp³-hybridized carbons (Fsp3) is 0.731. The molecule has 1 aromatic rings. The van der Waals surface area contributed by atoms with E-state index in [0.717, 1.165) is 58.5 Å². The zero-order valence-electron chi connectivity index (χ0n) is 20.5. The number of amides is 1. The van der Waals surface area contributed by atoms with Crippen molar-refractivity contribution in [3.63, 3.8) is 0 Å². The summed E-state index contributed by atoms with van der Waals surface area (Å²) < 4.78 is 28.1. The third kappa shape index (κ3) is 5.35.